The van der Waals surface area contributed by atoms with Crippen LogP contribution in [0, 0.1) is 27.7 Å². The van der Waals surface area contributed by atoms with Crippen LogP contribution in [0.25, 0.3) is 22.3 Å². The van der Waals surface area contributed by atoms with Crippen LogP contribution in [0.15, 0.2) is 104 Å². The second-order valence-corrected chi connectivity index (χ2v) is 20.6. The van der Waals surface area contributed by atoms with Gasteiger partial charge in [-0.1, -0.05) is 55.6 Å². The Morgan fingerprint density at radius 2 is 1.18 bits per heavy atom. The molecule has 4 aliphatic heterocycles. The molecular weight excluding hydrogens is 861 g/mol. The van der Waals surface area contributed by atoms with E-state index in [0.717, 1.165) is 63.7 Å². The van der Waals surface area contributed by atoms with Gasteiger partial charge < -0.3 is 29.1 Å². The molecule has 12 heteroatoms. The molecular formula is C54H56N6O4S2. The van der Waals surface area contributed by atoms with Gasteiger partial charge in [-0.2, -0.15) is 0 Å². The highest BCUT2D eigenvalue weighted by molar-refractivity contribution is 7.12. The number of thiophene rings is 2. The van der Waals surface area contributed by atoms with Crippen molar-refractivity contribution < 1.29 is 19.1 Å². The Kier molecular flexibility index (Phi) is 12.2. The van der Waals surface area contributed by atoms with E-state index in [1.54, 1.807) is 22.7 Å². The first-order chi connectivity index (χ1) is 32.1. The minimum Gasteiger partial charge on any atom is -0.378 e. The van der Waals surface area contributed by atoms with Crippen LogP contribution in [0.4, 0.5) is 11.6 Å². The van der Waals surface area contributed by atoms with E-state index in [-0.39, 0.29) is 29.8 Å². The van der Waals surface area contributed by atoms with Gasteiger partial charge in [-0.25, -0.2) is 9.97 Å². The van der Waals surface area contributed by atoms with Crippen LogP contribution in [0.3, 0.4) is 0 Å². The van der Waals surface area contributed by atoms with Crippen molar-refractivity contribution in [1.82, 2.24) is 19.8 Å². The third kappa shape index (κ3) is 8.29. The number of carbonyl (C=O) groups excluding carboxylic acids is 2. The molecule has 3 atom stereocenters. The number of rotatable bonds is 9. The van der Waals surface area contributed by atoms with Gasteiger partial charge in [-0.3, -0.25) is 9.59 Å². The van der Waals surface area contributed by atoms with Crippen molar-refractivity contribution in [1.29, 1.82) is 0 Å². The molecule has 0 saturated carbocycles. The highest BCUT2D eigenvalue weighted by Crippen LogP contribution is 2.47. The number of carbonyl (C=O) groups is 2. The van der Waals surface area contributed by atoms with Crippen molar-refractivity contribution in [2.24, 2.45) is 0 Å². The average molecular weight is 917 g/mol. The summed E-state index contributed by atoms with van der Waals surface area (Å²) in [6.07, 6.45) is 6.62. The lowest BCUT2D eigenvalue weighted by Crippen LogP contribution is -2.40. The average Bonchev–Trinajstić information content (AvgIpc) is 3.93. The maximum Gasteiger partial charge on any atom is 0.246 e. The first-order valence-corrected chi connectivity index (χ1v) is 24.6. The summed E-state index contributed by atoms with van der Waals surface area (Å²) in [5.41, 5.74) is 12.6. The van der Waals surface area contributed by atoms with Crippen LogP contribution in [0.2, 0.25) is 0 Å². The van der Waals surface area contributed by atoms with E-state index in [2.05, 4.69) is 117 Å². The van der Waals surface area contributed by atoms with Gasteiger partial charge in [0.2, 0.25) is 11.8 Å². The summed E-state index contributed by atoms with van der Waals surface area (Å²) in [5, 5.41) is 0. The maximum atomic E-state index is 13.4. The Balaban J connectivity index is 1.01. The Morgan fingerprint density at radius 3 is 1.82 bits per heavy atom. The summed E-state index contributed by atoms with van der Waals surface area (Å²) in [5.74, 6) is 1.77. The van der Waals surface area contributed by atoms with Crippen LogP contribution in [0.1, 0.15) is 76.4 Å². The van der Waals surface area contributed by atoms with E-state index in [4.69, 9.17) is 19.4 Å². The molecule has 4 aliphatic rings. The monoisotopic (exact) mass is 916 g/mol. The molecule has 4 aromatic heterocycles. The predicted molar refractivity (Wildman–Crippen MR) is 266 cm³/mol. The number of nitrogens with zero attached hydrogens (tertiary/aromatic N) is 6. The third-order valence-electron chi connectivity index (χ3n) is 13.7. The van der Waals surface area contributed by atoms with Crippen molar-refractivity contribution >= 4 is 46.1 Å². The first kappa shape index (κ1) is 43.9. The summed E-state index contributed by atoms with van der Waals surface area (Å²) >= 11 is 3.54. The van der Waals surface area contributed by atoms with Crippen molar-refractivity contribution in [2.45, 2.75) is 58.7 Å². The molecule has 2 aromatic carbocycles. The molecule has 6 aromatic rings. The lowest BCUT2D eigenvalue weighted by molar-refractivity contribution is -0.127. The number of aromatic nitrogens is 2. The van der Waals surface area contributed by atoms with Gasteiger partial charge in [0.15, 0.2) is 0 Å². The van der Waals surface area contributed by atoms with Gasteiger partial charge in [-0.15, -0.1) is 22.7 Å². The second kappa shape index (κ2) is 18.4. The van der Waals surface area contributed by atoms with Crippen LogP contribution in [-0.4, -0.2) is 90.7 Å². The summed E-state index contributed by atoms with van der Waals surface area (Å²) in [6.45, 7) is 23.4. The molecule has 2 amide bonds. The number of amides is 2. The Hall–Kier alpha value is -5.92. The molecule has 0 spiro atoms. The smallest absolute Gasteiger partial charge is 0.246 e. The van der Waals surface area contributed by atoms with E-state index in [1.807, 2.05) is 22.2 Å². The molecule has 8 heterocycles. The predicted octanol–water partition coefficient (Wildman–Crippen LogP) is 9.90. The maximum absolute atomic E-state index is 13.4. The van der Waals surface area contributed by atoms with Crippen LogP contribution < -0.4 is 9.80 Å². The SMILES string of the molecule is C=CC(=O)N1Cc2sc(C)cc2[C@@H](c2ccccc2-c2cnc(N3CCOC(c4cccc(-c5cnc(N6CCOCC6)c(C)c5)c4[C@@H]4CN(C(=O)C=C)Cc5sc(C)cc54)C3)c(C)c2)C1. The Morgan fingerprint density at radius 1 is 0.636 bits per heavy atom. The molecule has 0 bridgehead atoms. The number of morpholine rings is 2. The molecule has 0 N–H and O–H groups in total. The molecule has 10 nitrogen and oxygen atoms in total. The van der Waals surface area contributed by atoms with Crippen molar-refractivity contribution in [3.8, 4) is 22.3 Å². The third-order valence-corrected chi connectivity index (χ3v) is 15.8. The fourth-order valence-electron chi connectivity index (χ4n) is 10.7. The van der Waals surface area contributed by atoms with Crippen molar-refractivity contribution in [3.05, 3.63) is 163 Å². The number of hydrogen-bond donors (Lipinski definition) is 0. The number of anilines is 2. The molecule has 0 aliphatic carbocycles. The fourth-order valence-corrected chi connectivity index (χ4v) is 12.9. The van der Waals surface area contributed by atoms with E-state index in [0.29, 0.717) is 59.1 Å². The topological polar surface area (TPSA) is 91.3 Å². The number of fused-ring (bicyclic) bond motifs is 2. The number of benzene rings is 2. The minimum atomic E-state index is -0.263. The highest BCUT2D eigenvalue weighted by atomic mass is 32.1. The fraction of sp³-hybridized carbons (Fsp3) is 0.333. The summed E-state index contributed by atoms with van der Waals surface area (Å²) in [7, 11) is 0. The molecule has 2 saturated heterocycles. The van der Waals surface area contributed by atoms with Crippen LogP contribution in [0.5, 0.6) is 0 Å². The lowest BCUT2D eigenvalue weighted by atomic mass is 9.79. The zero-order chi connectivity index (χ0) is 45.6. The Labute approximate surface area is 395 Å². The van der Waals surface area contributed by atoms with Crippen LogP contribution in [-0.2, 0) is 32.2 Å². The van der Waals surface area contributed by atoms with E-state index in [9.17, 15) is 9.59 Å². The van der Waals surface area contributed by atoms with Gasteiger partial charge in [0.25, 0.3) is 0 Å². The van der Waals surface area contributed by atoms with Gasteiger partial charge in [0, 0.05) is 94.1 Å². The lowest BCUT2D eigenvalue weighted by Gasteiger charge is -2.39. The summed E-state index contributed by atoms with van der Waals surface area (Å²) in [4.78, 5) is 50.2. The Bertz CT molecular complexity index is 2860. The zero-order valence-corrected chi connectivity index (χ0v) is 39.9. The summed E-state index contributed by atoms with van der Waals surface area (Å²) < 4.78 is 12.4. The number of aryl methyl sites for hydroxylation is 4. The highest BCUT2D eigenvalue weighted by Gasteiger charge is 2.37. The minimum absolute atomic E-state index is 0.0337. The largest absolute Gasteiger partial charge is 0.378 e. The number of ether oxygens (including phenoxy) is 2. The van der Waals surface area contributed by atoms with E-state index >= 15 is 0 Å². The van der Waals surface area contributed by atoms with Gasteiger partial charge >= 0.3 is 0 Å². The molecule has 66 heavy (non-hydrogen) atoms. The van der Waals surface area contributed by atoms with E-state index in [1.165, 1.54) is 53.9 Å². The molecule has 338 valence electrons. The normalized spacial score (nSPS) is 19.6. The van der Waals surface area contributed by atoms with E-state index < -0.39 is 0 Å². The molecule has 1 unspecified atom stereocenters. The van der Waals surface area contributed by atoms with Crippen molar-refractivity contribution in [3.63, 3.8) is 0 Å². The van der Waals surface area contributed by atoms with Gasteiger partial charge in [0.05, 0.1) is 32.9 Å². The zero-order valence-electron chi connectivity index (χ0n) is 38.2. The quantitative estimate of drug-likeness (QED) is 0.133. The van der Waals surface area contributed by atoms with Crippen LogP contribution >= 0.6 is 22.7 Å². The van der Waals surface area contributed by atoms with Gasteiger partial charge in [-0.05, 0) is 114 Å². The van der Waals surface area contributed by atoms with Gasteiger partial charge in [0.1, 0.15) is 17.7 Å². The molecule has 0 radical (unpaired) electrons. The van der Waals surface area contributed by atoms with Crippen molar-refractivity contribution in [2.75, 3.05) is 68.9 Å². The first-order valence-electron chi connectivity index (χ1n) is 22.9. The standard InChI is InChI=1S/C54H56N6O4S2/c1-7-50(61)59-28-45(43-24-35(5)65-48(43)31-59)41-13-10-9-12-39(41)37-22-34(4)54(56-26-37)58-18-21-64-47(30-58)42-15-11-14-40(38-23-33(3)53(55-27-38)57-16-19-63-20-17-57)52(42)46-29-60(51(62)8-2)32-49-44(46)25-36(6)66-49/h7-15,22-27,45-47H,1-2,16-21,28-32H2,3-6H3/t45-,46-,47?/m1/s1. The number of hydrogen-bond acceptors (Lipinski definition) is 10. The molecule has 10 rings (SSSR count). The second-order valence-electron chi connectivity index (χ2n) is 18.0. The summed E-state index contributed by atoms with van der Waals surface area (Å²) in [6, 6.07) is 24.3. The molecule has 2 fully saturated rings. The number of pyridine rings is 2.